The second kappa shape index (κ2) is 9.78. The minimum atomic E-state index is 0.538. The van der Waals surface area contributed by atoms with Crippen molar-refractivity contribution in [1.82, 2.24) is 10.2 Å². The van der Waals surface area contributed by atoms with Crippen LogP contribution < -0.4 is 5.32 Å². The highest BCUT2D eigenvalue weighted by Crippen LogP contribution is 2.39. The van der Waals surface area contributed by atoms with Crippen molar-refractivity contribution in [2.24, 2.45) is 11.3 Å². The summed E-state index contributed by atoms with van der Waals surface area (Å²) < 4.78 is 0. The molecule has 0 saturated heterocycles. The van der Waals surface area contributed by atoms with E-state index in [2.05, 4.69) is 37.9 Å². The average molecular weight is 283 g/mol. The van der Waals surface area contributed by atoms with E-state index in [1.54, 1.807) is 0 Å². The molecule has 2 atom stereocenters. The van der Waals surface area contributed by atoms with Crippen LogP contribution in [0.1, 0.15) is 72.6 Å². The number of nitrogens with zero attached hydrogens (tertiary/aromatic N) is 1. The molecule has 1 aliphatic carbocycles. The third kappa shape index (κ3) is 6.13. The summed E-state index contributed by atoms with van der Waals surface area (Å²) in [5.74, 6) is 0.914. The SMILES string of the molecule is CCCCN(CC)CC1(CNCCC)CCCC(C)C1. The van der Waals surface area contributed by atoms with E-state index >= 15 is 0 Å². The highest BCUT2D eigenvalue weighted by atomic mass is 15.1. The van der Waals surface area contributed by atoms with Gasteiger partial charge in [0.25, 0.3) is 0 Å². The molecule has 0 amide bonds. The van der Waals surface area contributed by atoms with Crippen molar-refractivity contribution in [3.05, 3.63) is 0 Å². The Labute approximate surface area is 127 Å². The third-order valence-electron chi connectivity index (χ3n) is 4.95. The maximum Gasteiger partial charge on any atom is 0.00501 e. The van der Waals surface area contributed by atoms with Gasteiger partial charge >= 0.3 is 0 Å². The van der Waals surface area contributed by atoms with Crippen molar-refractivity contribution in [3.8, 4) is 0 Å². The molecular weight excluding hydrogens is 244 g/mol. The van der Waals surface area contributed by atoms with Gasteiger partial charge < -0.3 is 10.2 Å². The summed E-state index contributed by atoms with van der Waals surface area (Å²) in [5.41, 5.74) is 0.538. The molecule has 2 heteroatoms. The standard InChI is InChI=1S/C18H38N2/c1-5-8-13-20(7-3)16-18(15-19-12-6-2)11-9-10-17(4)14-18/h17,19H,5-16H2,1-4H3. The lowest BCUT2D eigenvalue weighted by molar-refractivity contribution is 0.0817. The van der Waals surface area contributed by atoms with Gasteiger partial charge in [-0.05, 0) is 56.7 Å². The molecule has 0 bridgehead atoms. The number of unbranched alkanes of at least 4 members (excludes halogenated alkanes) is 1. The number of hydrogen-bond donors (Lipinski definition) is 1. The van der Waals surface area contributed by atoms with Gasteiger partial charge in [0.05, 0.1) is 0 Å². The molecule has 2 unspecified atom stereocenters. The van der Waals surface area contributed by atoms with Gasteiger partial charge in [0, 0.05) is 13.1 Å². The van der Waals surface area contributed by atoms with Crippen LogP contribution >= 0.6 is 0 Å². The predicted octanol–water partition coefficient (Wildman–Crippen LogP) is 4.30. The molecule has 0 aromatic heterocycles. The molecule has 1 N–H and O–H groups in total. The molecule has 120 valence electrons. The first-order valence-corrected chi connectivity index (χ1v) is 9.09. The van der Waals surface area contributed by atoms with Gasteiger partial charge in [-0.15, -0.1) is 0 Å². The van der Waals surface area contributed by atoms with Gasteiger partial charge in [-0.1, -0.05) is 47.0 Å². The van der Waals surface area contributed by atoms with Gasteiger partial charge in [0.2, 0.25) is 0 Å². The topological polar surface area (TPSA) is 15.3 Å². The molecule has 2 nitrogen and oxygen atoms in total. The first-order valence-electron chi connectivity index (χ1n) is 9.09. The molecule has 1 fully saturated rings. The second-order valence-electron chi connectivity index (χ2n) is 7.10. The Bertz CT molecular complexity index is 242. The zero-order valence-corrected chi connectivity index (χ0v) is 14.5. The van der Waals surface area contributed by atoms with Crippen LogP contribution in [0.4, 0.5) is 0 Å². The summed E-state index contributed by atoms with van der Waals surface area (Å²) in [6.45, 7) is 15.6. The van der Waals surface area contributed by atoms with Crippen LogP contribution in [0, 0.1) is 11.3 Å². The summed E-state index contributed by atoms with van der Waals surface area (Å²) in [5, 5.41) is 3.73. The average Bonchev–Trinajstić information content (AvgIpc) is 2.44. The second-order valence-corrected chi connectivity index (χ2v) is 7.10. The van der Waals surface area contributed by atoms with Gasteiger partial charge in [-0.25, -0.2) is 0 Å². The predicted molar refractivity (Wildman–Crippen MR) is 90.2 cm³/mol. The van der Waals surface area contributed by atoms with Crippen LogP contribution in [0.15, 0.2) is 0 Å². The maximum atomic E-state index is 3.73. The van der Waals surface area contributed by atoms with Crippen molar-refractivity contribution in [2.45, 2.75) is 72.6 Å². The molecule has 0 aromatic carbocycles. The summed E-state index contributed by atoms with van der Waals surface area (Å²) in [4.78, 5) is 2.70. The smallest absolute Gasteiger partial charge is 0.00501 e. The van der Waals surface area contributed by atoms with Crippen molar-refractivity contribution in [1.29, 1.82) is 0 Å². The molecule has 0 spiro atoms. The van der Waals surface area contributed by atoms with Crippen LogP contribution in [-0.2, 0) is 0 Å². The molecule has 1 rings (SSSR count). The quantitative estimate of drug-likeness (QED) is 0.601. The van der Waals surface area contributed by atoms with Crippen molar-refractivity contribution >= 4 is 0 Å². The Kier molecular flexibility index (Phi) is 8.79. The maximum absolute atomic E-state index is 3.73. The fourth-order valence-corrected chi connectivity index (χ4v) is 3.86. The van der Waals surface area contributed by atoms with Crippen LogP contribution in [-0.4, -0.2) is 37.6 Å². The van der Waals surface area contributed by atoms with Crippen molar-refractivity contribution in [2.75, 3.05) is 32.7 Å². The Morgan fingerprint density at radius 2 is 2.00 bits per heavy atom. The fraction of sp³-hybridized carbons (Fsp3) is 1.00. The summed E-state index contributed by atoms with van der Waals surface area (Å²) >= 11 is 0. The lowest BCUT2D eigenvalue weighted by atomic mass is 9.69. The van der Waals surface area contributed by atoms with E-state index in [0.29, 0.717) is 5.41 Å². The normalized spacial score (nSPS) is 27.1. The molecule has 0 heterocycles. The van der Waals surface area contributed by atoms with Crippen molar-refractivity contribution in [3.63, 3.8) is 0 Å². The molecule has 20 heavy (non-hydrogen) atoms. The highest BCUT2D eigenvalue weighted by molar-refractivity contribution is 4.89. The first-order chi connectivity index (χ1) is 9.65. The number of rotatable bonds is 10. The Morgan fingerprint density at radius 1 is 1.20 bits per heavy atom. The van der Waals surface area contributed by atoms with Crippen LogP contribution in [0.3, 0.4) is 0 Å². The first kappa shape index (κ1) is 18.0. The minimum Gasteiger partial charge on any atom is -0.316 e. The zero-order valence-electron chi connectivity index (χ0n) is 14.5. The monoisotopic (exact) mass is 282 g/mol. The van der Waals surface area contributed by atoms with E-state index in [4.69, 9.17) is 0 Å². The molecule has 0 radical (unpaired) electrons. The molecule has 1 aliphatic rings. The van der Waals surface area contributed by atoms with Crippen LogP contribution in [0.25, 0.3) is 0 Å². The van der Waals surface area contributed by atoms with Gasteiger partial charge in [0.1, 0.15) is 0 Å². The Balaban J connectivity index is 2.60. The minimum absolute atomic E-state index is 0.538. The van der Waals surface area contributed by atoms with E-state index in [9.17, 15) is 0 Å². The van der Waals surface area contributed by atoms with Gasteiger partial charge in [-0.3, -0.25) is 0 Å². The van der Waals surface area contributed by atoms with Crippen LogP contribution in [0.2, 0.25) is 0 Å². The largest absolute Gasteiger partial charge is 0.316 e. The summed E-state index contributed by atoms with van der Waals surface area (Å²) in [6.07, 6.45) is 9.63. The van der Waals surface area contributed by atoms with E-state index < -0.39 is 0 Å². The summed E-state index contributed by atoms with van der Waals surface area (Å²) in [7, 11) is 0. The van der Waals surface area contributed by atoms with Crippen molar-refractivity contribution < 1.29 is 0 Å². The number of nitrogens with one attached hydrogen (secondary N) is 1. The molecule has 0 aromatic rings. The lowest BCUT2D eigenvalue weighted by Crippen LogP contribution is -2.47. The summed E-state index contributed by atoms with van der Waals surface area (Å²) in [6, 6.07) is 0. The highest BCUT2D eigenvalue weighted by Gasteiger charge is 2.35. The third-order valence-corrected chi connectivity index (χ3v) is 4.95. The van der Waals surface area contributed by atoms with Gasteiger partial charge in [-0.2, -0.15) is 0 Å². The van der Waals surface area contributed by atoms with Gasteiger partial charge in [0.15, 0.2) is 0 Å². The molecule has 0 aliphatic heterocycles. The zero-order chi connectivity index (χ0) is 14.8. The van der Waals surface area contributed by atoms with E-state index in [1.807, 2.05) is 0 Å². The molecular formula is C18H38N2. The van der Waals surface area contributed by atoms with E-state index in [0.717, 1.165) is 5.92 Å². The fourth-order valence-electron chi connectivity index (χ4n) is 3.86. The number of hydrogen-bond acceptors (Lipinski definition) is 2. The Hall–Kier alpha value is -0.0800. The molecule has 1 saturated carbocycles. The van der Waals surface area contributed by atoms with Crippen LogP contribution in [0.5, 0.6) is 0 Å². The lowest BCUT2D eigenvalue weighted by Gasteiger charge is -2.43. The van der Waals surface area contributed by atoms with E-state index in [1.165, 1.54) is 77.7 Å². The van der Waals surface area contributed by atoms with E-state index in [-0.39, 0.29) is 0 Å². The Morgan fingerprint density at radius 3 is 2.60 bits per heavy atom.